The smallest absolute Gasteiger partial charge is 0.264 e. The van der Waals surface area contributed by atoms with Gasteiger partial charge in [0.1, 0.15) is 11.4 Å². The maximum Gasteiger partial charge on any atom is 0.264 e. The molecule has 5 aliphatic rings. The molecule has 304 valence electrons. The van der Waals surface area contributed by atoms with Gasteiger partial charge in [-0.15, -0.1) is 0 Å². The number of hydrogen-bond donors (Lipinski definition) is 1. The number of halogens is 1. The molecule has 3 heterocycles. The topological polar surface area (TPSA) is 101 Å². The van der Waals surface area contributed by atoms with E-state index in [1.54, 1.807) is 33.1 Å². The van der Waals surface area contributed by atoms with Gasteiger partial charge in [-0.1, -0.05) is 42.5 Å². The molecule has 5 atom stereocenters. The highest BCUT2D eigenvalue weighted by Crippen LogP contribution is 2.49. The van der Waals surface area contributed by atoms with Crippen molar-refractivity contribution in [3.05, 3.63) is 70.3 Å². The van der Waals surface area contributed by atoms with Crippen LogP contribution < -0.4 is 14.4 Å². The summed E-state index contributed by atoms with van der Waals surface area (Å²) in [5, 5.41) is -0.00554. The van der Waals surface area contributed by atoms with E-state index in [1.807, 2.05) is 12.1 Å². The molecule has 10 nitrogen and oxygen atoms in total. The zero-order valence-corrected chi connectivity index (χ0v) is 35.1. The third kappa shape index (κ3) is 8.67. The molecule has 0 bridgehead atoms. The Bertz CT molecular complexity index is 1950. The lowest BCUT2D eigenvalue weighted by molar-refractivity contribution is -0.0441. The molecule has 3 aliphatic heterocycles. The molecule has 2 aromatic carbocycles. The number of amides is 1. The van der Waals surface area contributed by atoms with Gasteiger partial charge in [0.15, 0.2) is 0 Å². The number of carbonyl (C=O) groups is 1. The first kappa shape index (κ1) is 41.1. The highest BCUT2D eigenvalue weighted by atomic mass is 35.5. The van der Waals surface area contributed by atoms with Crippen LogP contribution in [0, 0.1) is 23.7 Å². The molecule has 1 amide bonds. The van der Waals surface area contributed by atoms with Crippen molar-refractivity contribution in [2.45, 2.75) is 88.0 Å². The summed E-state index contributed by atoms with van der Waals surface area (Å²) in [6.07, 6.45) is 11.0. The number of ether oxygens (including phenoxy) is 3. The highest BCUT2D eigenvalue weighted by Gasteiger charge is 2.48. The molecule has 1 N–H and O–H groups in total. The summed E-state index contributed by atoms with van der Waals surface area (Å²) in [4.78, 5) is 20.9. The SMILES string of the molecule is CC/C=C/[C@](C#CCCN1CCN2CCOC[C@@H]2C1)(OC)[C@@H]1CC[C@H]1CN1C[C@@]2(CCCc3cc(Cl)ccc32)COc2ccc(C(=O)NS(=O)(=O)C(C)C)cc21. The molecule has 0 unspecified atom stereocenters. The number of nitrogens with one attached hydrogen (secondary N) is 1. The Kier molecular flexibility index (Phi) is 12.8. The van der Waals surface area contributed by atoms with Gasteiger partial charge < -0.3 is 19.1 Å². The largest absolute Gasteiger partial charge is 0.490 e. The number of anilines is 1. The molecule has 1 spiro atoms. The summed E-state index contributed by atoms with van der Waals surface area (Å²) in [7, 11) is -2.03. The number of aryl methyl sites for hydroxylation is 1. The average molecular weight is 807 g/mol. The molecule has 2 aromatic rings. The third-order valence-electron chi connectivity index (χ3n) is 12.9. The minimum atomic E-state index is -3.81. The first-order valence-electron chi connectivity index (χ1n) is 20.6. The van der Waals surface area contributed by atoms with Crippen LogP contribution in [0.15, 0.2) is 48.6 Å². The summed E-state index contributed by atoms with van der Waals surface area (Å²) in [6, 6.07) is 12.0. The number of rotatable bonds is 11. The Morgan fingerprint density at radius 1 is 1.18 bits per heavy atom. The summed E-state index contributed by atoms with van der Waals surface area (Å²) < 4.78 is 46.6. The van der Waals surface area contributed by atoms with Crippen LogP contribution in [0.2, 0.25) is 5.02 Å². The van der Waals surface area contributed by atoms with E-state index >= 15 is 0 Å². The predicted molar refractivity (Wildman–Crippen MR) is 222 cm³/mol. The number of piperazine rings is 1. The first-order chi connectivity index (χ1) is 27.0. The Morgan fingerprint density at radius 2 is 2.04 bits per heavy atom. The number of allylic oxidation sites excluding steroid dienone is 1. The van der Waals surface area contributed by atoms with Gasteiger partial charge in [0, 0.05) is 87.3 Å². The molecule has 7 rings (SSSR count). The number of carbonyl (C=O) groups excluding carboxylic acids is 1. The molecular formula is C44H59ClN4O6S. The summed E-state index contributed by atoms with van der Waals surface area (Å²) in [5.41, 5.74) is 2.57. The fourth-order valence-electron chi connectivity index (χ4n) is 9.45. The van der Waals surface area contributed by atoms with Crippen LogP contribution in [0.5, 0.6) is 5.75 Å². The zero-order chi connectivity index (χ0) is 39.5. The van der Waals surface area contributed by atoms with E-state index in [4.69, 9.17) is 25.8 Å². The van der Waals surface area contributed by atoms with Crippen molar-refractivity contribution < 1.29 is 27.4 Å². The van der Waals surface area contributed by atoms with Gasteiger partial charge in [-0.2, -0.15) is 0 Å². The molecular weight excluding hydrogens is 748 g/mol. The number of nitrogens with zero attached hydrogens (tertiary/aromatic N) is 3. The predicted octanol–water partition coefficient (Wildman–Crippen LogP) is 6.07. The maximum atomic E-state index is 13.4. The number of sulfonamides is 1. The summed E-state index contributed by atoms with van der Waals surface area (Å²) in [5.74, 6) is 7.67. The van der Waals surface area contributed by atoms with Crippen LogP contribution in [0.1, 0.15) is 80.8 Å². The standard InChI is InChI=1S/C44H59ClN4O6S/c1-5-6-18-44(53-4,19-7-8-20-47-21-22-48-23-24-54-29-37(48)28-47)39-14-11-35(39)27-49-30-43(17-9-10-33-25-36(45)13-15-38(33)43)31-55-41-16-12-34(26-40(41)49)42(50)46-56(51,52)32(2)3/h6,12-13,15-16,18,25-26,32,35,37,39H,5,8-11,14,17,20-24,27-31H2,1-4H3,(H,46,50)/b18-6+/t35-,37-,39+,43-,44+/m0/s1. The molecule has 2 saturated heterocycles. The zero-order valence-electron chi connectivity index (χ0n) is 33.5. The molecule has 1 saturated carbocycles. The maximum absolute atomic E-state index is 13.4. The highest BCUT2D eigenvalue weighted by molar-refractivity contribution is 7.90. The van der Waals surface area contributed by atoms with Crippen molar-refractivity contribution in [3.8, 4) is 17.6 Å². The lowest BCUT2D eigenvalue weighted by Crippen LogP contribution is -2.58. The molecule has 3 fully saturated rings. The van der Waals surface area contributed by atoms with Crippen LogP contribution in [-0.2, 0) is 31.3 Å². The molecule has 2 aliphatic carbocycles. The van der Waals surface area contributed by atoms with E-state index in [0.29, 0.717) is 31.5 Å². The summed E-state index contributed by atoms with van der Waals surface area (Å²) in [6.45, 7) is 13.9. The number of methoxy groups -OCH3 is 1. The Labute approximate surface area is 339 Å². The lowest BCUT2D eigenvalue weighted by Gasteiger charge is -2.48. The van der Waals surface area contributed by atoms with Crippen molar-refractivity contribution in [2.75, 3.05) is 77.6 Å². The van der Waals surface area contributed by atoms with Gasteiger partial charge in [0.05, 0.1) is 30.8 Å². The van der Waals surface area contributed by atoms with Crippen LogP contribution in [0.3, 0.4) is 0 Å². The summed E-state index contributed by atoms with van der Waals surface area (Å²) >= 11 is 6.50. The lowest BCUT2D eigenvalue weighted by atomic mass is 9.64. The van der Waals surface area contributed by atoms with Crippen LogP contribution in [-0.4, -0.2) is 114 Å². The van der Waals surface area contributed by atoms with E-state index in [1.165, 1.54) is 11.1 Å². The van der Waals surface area contributed by atoms with Gasteiger partial charge in [-0.3, -0.25) is 14.6 Å². The molecule has 12 heteroatoms. The number of hydrogen-bond acceptors (Lipinski definition) is 9. The normalized spacial score (nSPS) is 26.5. The van der Waals surface area contributed by atoms with E-state index in [2.05, 4.69) is 62.5 Å². The van der Waals surface area contributed by atoms with Gasteiger partial charge in [0.25, 0.3) is 5.91 Å². The first-order valence-corrected chi connectivity index (χ1v) is 22.5. The monoisotopic (exact) mass is 806 g/mol. The number of fused-ring (bicyclic) bond motifs is 4. The number of morpholine rings is 1. The van der Waals surface area contributed by atoms with Crippen LogP contribution in [0.25, 0.3) is 0 Å². The van der Waals surface area contributed by atoms with Crippen molar-refractivity contribution in [1.82, 2.24) is 14.5 Å². The Balaban J connectivity index is 1.16. The fraction of sp³-hybridized carbons (Fsp3) is 0.614. The second-order valence-corrected chi connectivity index (χ2v) is 19.4. The Hall–Kier alpha value is -3.11. The third-order valence-corrected chi connectivity index (χ3v) is 14.8. The minimum absolute atomic E-state index is 0.161. The van der Waals surface area contributed by atoms with Crippen molar-refractivity contribution >= 4 is 33.2 Å². The second kappa shape index (κ2) is 17.4. The number of benzene rings is 2. The van der Waals surface area contributed by atoms with Crippen molar-refractivity contribution in [2.24, 2.45) is 11.8 Å². The molecule has 0 aromatic heterocycles. The van der Waals surface area contributed by atoms with E-state index in [9.17, 15) is 13.2 Å². The average Bonchev–Trinajstić information content (AvgIpc) is 3.33. The van der Waals surface area contributed by atoms with Crippen molar-refractivity contribution in [3.63, 3.8) is 0 Å². The quantitative estimate of drug-likeness (QED) is 0.215. The Morgan fingerprint density at radius 3 is 2.80 bits per heavy atom. The molecule has 0 radical (unpaired) electrons. The minimum Gasteiger partial charge on any atom is -0.490 e. The fourth-order valence-corrected chi connectivity index (χ4v) is 10.3. The van der Waals surface area contributed by atoms with Gasteiger partial charge in [-0.25, -0.2) is 13.1 Å². The van der Waals surface area contributed by atoms with E-state index in [0.717, 1.165) is 102 Å². The van der Waals surface area contributed by atoms with Gasteiger partial charge in [0.2, 0.25) is 10.0 Å². The van der Waals surface area contributed by atoms with Crippen LogP contribution in [0.4, 0.5) is 5.69 Å². The van der Waals surface area contributed by atoms with Gasteiger partial charge in [-0.05, 0) is 106 Å². The second-order valence-electron chi connectivity index (χ2n) is 16.7. The van der Waals surface area contributed by atoms with Crippen molar-refractivity contribution in [1.29, 1.82) is 0 Å². The molecule has 56 heavy (non-hydrogen) atoms. The van der Waals surface area contributed by atoms with Gasteiger partial charge >= 0.3 is 0 Å². The van der Waals surface area contributed by atoms with E-state index in [-0.39, 0.29) is 22.8 Å². The van der Waals surface area contributed by atoms with Crippen LogP contribution >= 0.6 is 11.6 Å². The van der Waals surface area contributed by atoms with E-state index < -0.39 is 26.8 Å².